The summed E-state index contributed by atoms with van der Waals surface area (Å²) in [4.78, 5) is 24.6. The van der Waals surface area contributed by atoms with Gasteiger partial charge in [0.05, 0.1) is 35.9 Å². The summed E-state index contributed by atoms with van der Waals surface area (Å²) in [5, 5.41) is 0.570. The van der Waals surface area contributed by atoms with Gasteiger partial charge in [-0.05, 0) is 31.5 Å². The molecule has 0 unspecified atom stereocenters. The standard InChI is InChI=1S/C23H24ClFN4O3/c1-13-26-18-10-20(29-6-8-32-19(11-29)14-5-7-31-12-14)27-22(21(18)23(30)28(13)2)16-4-3-15(24)9-17(16)25/h3-4,9-10,14,19H,5-8,11-12H2,1-2H3/t14-,19+/m1/s1. The van der Waals surface area contributed by atoms with Crippen molar-refractivity contribution in [3.8, 4) is 11.3 Å². The molecule has 2 saturated heterocycles. The number of anilines is 1. The minimum Gasteiger partial charge on any atom is -0.381 e. The van der Waals surface area contributed by atoms with Crippen molar-refractivity contribution in [2.45, 2.75) is 19.4 Å². The first kappa shape index (κ1) is 21.3. The molecular formula is C23H24ClFN4O3. The van der Waals surface area contributed by atoms with Gasteiger partial charge in [-0.3, -0.25) is 9.36 Å². The van der Waals surface area contributed by atoms with Gasteiger partial charge >= 0.3 is 0 Å². The second-order valence-corrected chi connectivity index (χ2v) is 8.79. The van der Waals surface area contributed by atoms with Gasteiger partial charge in [-0.2, -0.15) is 0 Å². The molecule has 0 radical (unpaired) electrons. The number of ether oxygens (including phenoxy) is 2. The largest absolute Gasteiger partial charge is 0.381 e. The molecule has 2 aromatic heterocycles. The van der Waals surface area contributed by atoms with E-state index in [0.717, 1.165) is 13.0 Å². The van der Waals surface area contributed by atoms with Crippen molar-refractivity contribution < 1.29 is 13.9 Å². The normalized spacial score (nSPS) is 21.4. The van der Waals surface area contributed by atoms with Gasteiger partial charge in [0.1, 0.15) is 17.5 Å². The number of nitrogens with zero attached hydrogens (tertiary/aromatic N) is 4. The number of benzene rings is 1. The topological polar surface area (TPSA) is 69.5 Å². The summed E-state index contributed by atoms with van der Waals surface area (Å²) in [5.41, 5.74) is 0.719. The average molecular weight is 459 g/mol. The number of halogens is 2. The lowest BCUT2D eigenvalue weighted by Gasteiger charge is -2.36. The minimum atomic E-state index is -0.533. The maximum absolute atomic E-state index is 14.9. The Hall–Kier alpha value is -2.55. The summed E-state index contributed by atoms with van der Waals surface area (Å²) in [7, 11) is 1.65. The van der Waals surface area contributed by atoms with Crippen molar-refractivity contribution in [1.29, 1.82) is 0 Å². The average Bonchev–Trinajstić information content (AvgIpc) is 3.32. The third kappa shape index (κ3) is 3.76. The lowest BCUT2D eigenvalue weighted by Crippen LogP contribution is -2.46. The Kier molecular flexibility index (Phi) is 5.61. The Bertz CT molecular complexity index is 1240. The van der Waals surface area contributed by atoms with Crippen LogP contribution in [0.15, 0.2) is 29.1 Å². The molecule has 4 heterocycles. The quantitative estimate of drug-likeness (QED) is 0.599. The molecule has 0 saturated carbocycles. The molecule has 168 valence electrons. The van der Waals surface area contributed by atoms with Crippen LogP contribution in [0, 0.1) is 18.7 Å². The molecule has 0 amide bonds. The number of pyridine rings is 1. The molecule has 0 N–H and O–H groups in total. The molecular weight excluding hydrogens is 435 g/mol. The summed E-state index contributed by atoms with van der Waals surface area (Å²) in [5.74, 6) is 1.03. The Morgan fingerprint density at radius 2 is 2.06 bits per heavy atom. The zero-order chi connectivity index (χ0) is 22.4. The number of morpholine rings is 1. The summed E-state index contributed by atoms with van der Waals surface area (Å²) in [6.45, 7) is 5.09. The van der Waals surface area contributed by atoms with Gasteiger partial charge in [-0.1, -0.05) is 11.6 Å². The highest BCUT2D eigenvalue weighted by Crippen LogP contribution is 2.32. The highest BCUT2D eigenvalue weighted by atomic mass is 35.5. The molecule has 2 aliphatic rings. The second kappa shape index (κ2) is 8.42. The molecule has 2 atom stereocenters. The van der Waals surface area contributed by atoms with E-state index in [1.165, 1.54) is 10.6 Å². The predicted octanol–water partition coefficient (Wildman–Crippen LogP) is 3.34. The third-order valence-corrected chi connectivity index (χ3v) is 6.60. The van der Waals surface area contributed by atoms with Crippen molar-refractivity contribution in [2.75, 3.05) is 37.8 Å². The van der Waals surface area contributed by atoms with E-state index in [1.54, 1.807) is 26.1 Å². The van der Waals surface area contributed by atoms with Gasteiger partial charge in [0.2, 0.25) is 0 Å². The zero-order valence-corrected chi connectivity index (χ0v) is 18.7. The van der Waals surface area contributed by atoms with Crippen LogP contribution in [0.1, 0.15) is 12.2 Å². The van der Waals surface area contributed by atoms with Crippen LogP contribution >= 0.6 is 11.6 Å². The molecule has 2 fully saturated rings. The van der Waals surface area contributed by atoms with Gasteiger partial charge in [0.25, 0.3) is 5.56 Å². The number of aryl methyl sites for hydroxylation is 1. The molecule has 5 rings (SSSR count). The monoisotopic (exact) mass is 458 g/mol. The number of hydrogen-bond donors (Lipinski definition) is 0. The molecule has 32 heavy (non-hydrogen) atoms. The van der Waals surface area contributed by atoms with Crippen molar-refractivity contribution in [2.24, 2.45) is 13.0 Å². The van der Waals surface area contributed by atoms with Crippen molar-refractivity contribution in [3.05, 3.63) is 51.3 Å². The van der Waals surface area contributed by atoms with E-state index in [-0.39, 0.29) is 33.3 Å². The smallest absolute Gasteiger partial charge is 0.263 e. The molecule has 2 aliphatic heterocycles. The van der Waals surface area contributed by atoms with E-state index in [2.05, 4.69) is 9.88 Å². The summed E-state index contributed by atoms with van der Waals surface area (Å²) in [6.07, 6.45) is 1.01. The van der Waals surface area contributed by atoms with Gasteiger partial charge in [0.15, 0.2) is 0 Å². The predicted molar refractivity (Wildman–Crippen MR) is 121 cm³/mol. The van der Waals surface area contributed by atoms with E-state index in [9.17, 15) is 9.18 Å². The highest BCUT2D eigenvalue weighted by Gasteiger charge is 2.32. The summed E-state index contributed by atoms with van der Waals surface area (Å²) < 4.78 is 27.9. The van der Waals surface area contributed by atoms with E-state index < -0.39 is 5.82 Å². The molecule has 3 aromatic rings. The molecule has 0 spiro atoms. The number of aromatic nitrogens is 3. The summed E-state index contributed by atoms with van der Waals surface area (Å²) >= 11 is 5.96. The fourth-order valence-electron chi connectivity index (χ4n) is 4.43. The van der Waals surface area contributed by atoms with Crippen LogP contribution in [0.25, 0.3) is 22.2 Å². The van der Waals surface area contributed by atoms with E-state index >= 15 is 0 Å². The molecule has 7 nitrogen and oxygen atoms in total. The van der Waals surface area contributed by atoms with Crippen LogP contribution in [0.4, 0.5) is 10.2 Å². The van der Waals surface area contributed by atoms with Crippen LogP contribution in [0.5, 0.6) is 0 Å². The number of rotatable bonds is 3. The Labute approximate surface area is 189 Å². The first-order valence-electron chi connectivity index (χ1n) is 10.7. The third-order valence-electron chi connectivity index (χ3n) is 6.37. The fourth-order valence-corrected chi connectivity index (χ4v) is 4.59. The van der Waals surface area contributed by atoms with Crippen LogP contribution in [-0.2, 0) is 16.5 Å². The lowest BCUT2D eigenvalue weighted by atomic mass is 10.00. The second-order valence-electron chi connectivity index (χ2n) is 8.35. The molecule has 0 aliphatic carbocycles. The van der Waals surface area contributed by atoms with E-state index in [1.807, 2.05) is 6.07 Å². The van der Waals surface area contributed by atoms with Gasteiger partial charge in [0, 0.05) is 49.3 Å². The Morgan fingerprint density at radius 3 is 2.81 bits per heavy atom. The zero-order valence-electron chi connectivity index (χ0n) is 18.0. The van der Waals surface area contributed by atoms with Crippen LogP contribution in [0.2, 0.25) is 5.02 Å². The van der Waals surface area contributed by atoms with Gasteiger partial charge < -0.3 is 14.4 Å². The molecule has 1 aromatic carbocycles. The molecule has 0 bridgehead atoms. The van der Waals surface area contributed by atoms with E-state index in [4.69, 9.17) is 26.1 Å². The maximum Gasteiger partial charge on any atom is 0.263 e. The Balaban J connectivity index is 1.66. The first-order chi connectivity index (χ1) is 15.4. The molecule has 9 heteroatoms. The van der Waals surface area contributed by atoms with Crippen LogP contribution in [0.3, 0.4) is 0 Å². The first-order valence-corrected chi connectivity index (χ1v) is 11.1. The van der Waals surface area contributed by atoms with Crippen molar-refractivity contribution >= 4 is 28.3 Å². The highest BCUT2D eigenvalue weighted by molar-refractivity contribution is 6.30. The van der Waals surface area contributed by atoms with Crippen LogP contribution < -0.4 is 10.5 Å². The van der Waals surface area contributed by atoms with Gasteiger partial charge in [-0.25, -0.2) is 14.4 Å². The SMILES string of the molecule is Cc1nc2cc(N3CCO[C@H]([C@@H]4CCOC4)C3)nc(-c3ccc(Cl)cc3F)c2c(=O)n1C. The fraction of sp³-hybridized carbons (Fsp3) is 0.435. The number of hydrogen-bond acceptors (Lipinski definition) is 6. The maximum atomic E-state index is 14.9. The number of fused-ring (bicyclic) bond motifs is 1. The van der Waals surface area contributed by atoms with E-state index in [0.29, 0.717) is 49.4 Å². The lowest BCUT2D eigenvalue weighted by molar-refractivity contribution is -0.00145. The Morgan fingerprint density at radius 1 is 1.22 bits per heavy atom. The summed E-state index contributed by atoms with van der Waals surface area (Å²) in [6, 6.07) is 6.19. The van der Waals surface area contributed by atoms with Crippen molar-refractivity contribution in [1.82, 2.24) is 14.5 Å². The minimum absolute atomic E-state index is 0.0396. The van der Waals surface area contributed by atoms with Crippen LogP contribution in [-0.4, -0.2) is 53.5 Å². The van der Waals surface area contributed by atoms with Crippen molar-refractivity contribution in [3.63, 3.8) is 0 Å². The van der Waals surface area contributed by atoms with Gasteiger partial charge in [-0.15, -0.1) is 0 Å².